The Bertz CT molecular complexity index is 255. The van der Waals surface area contributed by atoms with Gasteiger partial charge in [0.25, 0.3) is 0 Å². The van der Waals surface area contributed by atoms with Gasteiger partial charge >= 0.3 is 0 Å². The third kappa shape index (κ3) is 5.38. The van der Waals surface area contributed by atoms with Crippen molar-refractivity contribution in [1.82, 2.24) is 10.6 Å². The van der Waals surface area contributed by atoms with E-state index in [1.807, 2.05) is 0 Å². The molecule has 0 aromatic heterocycles. The van der Waals surface area contributed by atoms with Gasteiger partial charge in [-0.25, -0.2) is 0 Å². The molecule has 0 aromatic rings. The van der Waals surface area contributed by atoms with Gasteiger partial charge < -0.3 is 10.6 Å². The van der Waals surface area contributed by atoms with Crippen molar-refractivity contribution in [2.24, 2.45) is 11.3 Å². The maximum absolute atomic E-state index is 11.8. The predicted octanol–water partition coefficient (Wildman–Crippen LogP) is 2.71. The van der Waals surface area contributed by atoms with Crippen LogP contribution in [-0.4, -0.2) is 25.0 Å². The summed E-state index contributed by atoms with van der Waals surface area (Å²) in [6.45, 7) is 10.3. The molecule has 1 fully saturated rings. The van der Waals surface area contributed by atoms with Crippen molar-refractivity contribution in [1.29, 1.82) is 0 Å². The molecule has 106 valence electrons. The molecule has 1 amide bonds. The molecule has 1 aliphatic rings. The lowest BCUT2D eigenvalue weighted by Gasteiger charge is -2.29. The highest BCUT2D eigenvalue weighted by Gasteiger charge is 2.22. The summed E-state index contributed by atoms with van der Waals surface area (Å²) in [6.07, 6.45) is 6.16. The molecule has 0 heterocycles. The van der Waals surface area contributed by atoms with Crippen LogP contribution in [0, 0.1) is 11.3 Å². The zero-order valence-corrected chi connectivity index (χ0v) is 12.5. The smallest absolute Gasteiger partial charge is 0.234 e. The molecule has 0 spiro atoms. The minimum Gasteiger partial charge on any atom is -0.352 e. The Balaban J connectivity index is 2.17. The van der Waals surface area contributed by atoms with E-state index in [-0.39, 0.29) is 11.3 Å². The molecule has 1 saturated carbocycles. The molecular formula is C15H30N2O. The maximum atomic E-state index is 11.8. The summed E-state index contributed by atoms with van der Waals surface area (Å²) in [5.41, 5.74) is 0.241. The minimum absolute atomic E-state index is 0.154. The van der Waals surface area contributed by atoms with Crippen molar-refractivity contribution in [3.8, 4) is 0 Å². The fourth-order valence-corrected chi connectivity index (χ4v) is 2.23. The molecule has 0 atom stereocenters. The Morgan fingerprint density at radius 2 is 1.83 bits per heavy atom. The van der Waals surface area contributed by atoms with Crippen LogP contribution in [0.25, 0.3) is 0 Å². The van der Waals surface area contributed by atoms with Gasteiger partial charge in [0.15, 0.2) is 0 Å². The van der Waals surface area contributed by atoms with Crippen LogP contribution in [0.1, 0.15) is 59.8 Å². The van der Waals surface area contributed by atoms with Crippen molar-refractivity contribution < 1.29 is 4.79 Å². The predicted molar refractivity (Wildman–Crippen MR) is 76.5 cm³/mol. The number of hydrogen-bond donors (Lipinski definition) is 2. The Kier molecular flexibility index (Phi) is 6.13. The van der Waals surface area contributed by atoms with E-state index in [2.05, 4.69) is 38.3 Å². The molecule has 1 aliphatic carbocycles. The third-order valence-electron chi connectivity index (χ3n) is 4.40. The second-order valence-corrected chi connectivity index (χ2v) is 6.65. The number of carbonyl (C=O) groups excluding carboxylic acids is 1. The van der Waals surface area contributed by atoms with E-state index < -0.39 is 0 Å². The highest BCUT2D eigenvalue weighted by molar-refractivity contribution is 5.78. The first-order valence-electron chi connectivity index (χ1n) is 7.42. The normalized spacial score (nSPS) is 18.1. The lowest BCUT2D eigenvalue weighted by molar-refractivity contribution is -0.121. The van der Waals surface area contributed by atoms with E-state index in [0.29, 0.717) is 18.5 Å². The van der Waals surface area contributed by atoms with Gasteiger partial charge in [0, 0.05) is 12.6 Å². The van der Waals surface area contributed by atoms with E-state index in [1.54, 1.807) is 0 Å². The number of carbonyl (C=O) groups is 1. The number of rotatable bonds is 6. The Labute approximate surface area is 112 Å². The van der Waals surface area contributed by atoms with Gasteiger partial charge in [0.1, 0.15) is 0 Å². The summed E-state index contributed by atoms with van der Waals surface area (Å²) in [6, 6.07) is 0.422. The van der Waals surface area contributed by atoms with Crippen molar-refractivity contribution in [2.75, 3.05) is 13.1 Å². The van der Waals surface area contributed by atoms with Gasteiger partial charge in [0.2, 0.25) is 5.91 Å². The summed E-state index contributed by atoms with van der Waals surface area (Å²) >= 11 is 0. The molecule has 2 N–H and O–H groups in total. The van der Waals surface area contributed by atoms with Crippen LogP contribution in [0.3, 0.4) is 0 Å². The highest BCUT2D eigenvalue weighted by Crippen LogP contribution is 2.24. The molecule has 0 unspecified atom stereocenters. The molecule has 0 radical (unpaired) electrons. The zero-order valence-electron chi connectivity index (χ0n) is 12.5. The summed E-state index contributed by atoms with van der Waals surface area (Å²) in [7, 11) is 0. The van der Waals surface area contributed by atoms with Gasteiger partial charge in [-0.1, -0.05) is 47.0 Å². The van der Waals surface area contributed by atoms with Gasteiger partial charge in [-0.3, -0.25) is 4.79 Å². The van der Waals surface area contributed by atoms with Crippen LogP contribution >= 0.6 is 0 Å². The van der Waals surface area contributed by atoms with Crippen LogP contribution in [0.15, 0.2) is 0 Å². The van der Waals surface area contributed by atoms with Crippen molar-refractivity contribution in [3.63, 3.8) is 0 Å². The molecule has 18 heavy (non-hydrogen) atoms. The van der Waals surface area contributed by atoms with Crippen molar-refractivity contribution in [2.45, 2.75) is 65.8 Å². The molecule has 0 aliphatic heterocycles. The molecule has 0 aromatic carbocycles. The van der Waals surface area contributed by atoms with Gasteiger partial charge in [-0.2, -0.15) is 0 Å². The van der Waals surface area contributed by atoms with E-state index in [1.165, 1.54) is 19.3 Å². The van der Waals surface area contributed by atoms with E-state index >= 15 is 0 Å². The second kappa shape index (κ2) is 7.13. The summed E-state index contributed by atoms with van der Waals surface area (Å²) in [5.74, 6) is 0.771. The van der Waals surface area contributed by atoms with Crippen LogP contribution in [-0.2, 0) is 4.79 Å². The fraction of sp³-hybridized carbons (Fsp3) is 0.933. The largest absolute Gasteiger partial charge is 0.352 e. The van der Waals surface area contributed by atoms with Crippen LogP contribution in [0.4, 0.5) is 0 Å². The first kappa shape index (κ1) is 15.5. The lowest BCUT2D eigenvalue weighted by atomic mass is 9.81. The Morgan fingerprint density at radius 1 is 1.22 bits per heavy atom. The summed E-state index contributed by atoms with van der Waals surface area (Å²) < 4.78 is 0. The molecular weight excluding hydrogens is 224 g/mol. The standard InChI is InChI=1S/C15H30N2O/c1-12(2)15(3,4)11-16-10-14(18)17-13-8-6-5-7-9-13/h12-13,16H,5-11H2,1-4H3,(H,17,18). The summed E-state index contributed by atoms with van der Waals surface area (Å²) in [4.78, 5) is 11.8. The Morgan fingerprint density at radius 3 is 2.39 bits per heavy atom. The summed E-state index contributed by atoms with van der Waals surface area (Å²) in [5, 5.41) is 6.42. The Hall–Kier alpha value is -0.570. The molecule has 3 nitrogen and oxygen atoms in total. The molecule has 3 heteroatoms. The van der Waals surface area contributed by atoms with Crippen molar-refractivity contribution in [3.05, 3.63) is 0 Å². The van der Waals surface area contributed by atoms with Gasteiger partial charge in [0.05, 0.1) is 6.54 Å². The molecule has 0 saturated heterocycles. The lowest BCUT2D eigenvalue weighted by Crippen LogP contribution is -2.43. The first-order valence-corrected chi connectivity index (χ1v) is 7.42. The molecule has 1 rings (SSSR count). The number of amides is 1. The number of nitrogens with one attached hydrogen (secondary N) is 2. The van der Waals surface area contributed by atoms with E-state index in [9.17, 15) is 4.79 Å². The zero-order chi connectivity index (χ0) is 13.6. The topological polar surface area (TPSA) is 41.1 Å². The van der Waals surface area contributed by atoms with Gasteiger partial charge in [-0.05, 0) is 24.2 Å². The third-order valence-corrected chi connectivity index (χ3v) is 4.40. The first-order chi connectivity index (χ1) is 8.42. The quantitative estimate of drug-likeness (QED) is 0.765. The SMILES string of the molecule is CC(C)C(C)(C)CNCC(=O)NC1CCCCC1. The fourth-order valence-electron chi connectivity index (χ4n) is 2.23. The molecule has 0 bridgehead atoms. The second-order valence-electron chi connectivity index (χ2n) is 6.65. The monoisotopic (exact) mass is 254 g/mol. The van der Waals surface area contributed by atoms with E-state index in [0.717, 1.165) is 19.4 Å². The van der Waals surface area contributed by atoms with Crippen molar-refractivity contribution >= 4 is 5.91 Å². The average molecular weight is 254 g/mol. The number of hydrogen-bond acceptors (Lipinski definition) is 2. The van der Waals surface area contributed by atoms with Crippen LogP contribution in [0.2, 0.25) is 0 Å². The van der Waals surface area contributed by atoms with E-state index in [4.69, 9.17) is 0 Å². The van der Waals surface area contributed by atoms with Gasteiger partial charge in [-0.15, -0.1) is 0 Å². The van der Waals surface area contributed by atoms with Crippen LogP contribution < -0.4 is 10.6 Å². The maximum Gasteiger partial charge on any atom is 0.234 e. The highest BCUT2D eigenvalue weighted by atomic mass is 16.1. The minimum atomic E-state index is 0.154. The average Bonchev–Trinajstić information content (AvgIpc) is 2.29. The van der Waals surface area contributed by atoms with Crippen LogP contribution in [0.5, 0.6) is 0 Å².